The van der Waals surface area contributed by atoms with Crippen LogP contribution in [-0.2, 0) is 4.74 Å². The summed E-state index contributed by atoms with van der Waals surface area (Å²) in [7, 11) is 0. The first-order valence-corrected chi connectivity index (χ1v) is 12.2. The van der Waals surface area contributed by atoms with Gasteiger partial charge in [0.2, 0.25) is 0 Å². The Morgan fingerprint density at radius 1 is 1.16 bits per heavy atom. The number of rotatable bonds is 2. The fraction of sp³-hybridized carbons (Fsp3) is 0.370. The number of anilines is 1. The van der Waals surface area contributed by atoms with Crippen LogP contribution in [0.1, 0.15) is 50.9 Å². The third-order valence-corrected chi connectivity index (χ3v) is 6.55. The molecule has 0 unspecified atom stereocenters. The van der Waals surface area contributed by atoms with Crippen LogP contribution in [0.15, 0.2) is 41.7 Å². The zero-order valence-electron chi connectivity index (χ0n) is 21.4. The Bertz CT molecular complexity index is 1630. The third-order valence-electron chi connectivity index (χ3n) is 6.55. The summed E-state index contributed by atoms with van der Waals surface area (Å²) < 4.78 is 8.91. The Hall–Kier alpha value is -4.39. The monoisotopic (exact) mass is 499 g/mol. The molecule has 1 aromatic carbocycles. The number of nitrogens with zero attached hydrogens (tertiary/aromatic N) is 6. The van der Waals surface area contributed by atoms with E-state index in [0.717, 1.165) is 16.8 Å². The van der Waals surface area contributed by atoms with E-state index < -0.39 is 5.60 Å². The predicted molar refractivity (Wildman–Crippen MR) is 140 cm³/mol. The first-order valence-electron chi connectivity index (χ1n) is 12.2. The second-order valence-corrected chi connectivity index (χ2v) is 10.5. The number of amides is 1. The Morgan fingerprint density at radius 2 is 1.89 bits per heavy atom. The predicted octanol–water partition coefficient (Wildman–Crippen LogP) is 4.05. The van der Waals surface area contributed by atoms with Crippen molar-refractivity contribution < 1.29 is 9.53 Å². The number of carbonyl (C=O) groups is 1. The van der Waals surface area contributed by atoms with Crippen molar-refractivity contribution in [2.45, 2.75) is 52.2 Å². The van der Waals surface area contributed by atoms with Gasteiger partial charge in [0.25, 0.3) is 5.56 Å². The largest absolute Gasteiger partial charge is 0.444 e. The second-order valence-electron chi connectivity index (χ2n) is 10.5. The van der Waals surface area contributed by atoms with Crippen LogP contribution in [0.5, 0.6) is 0 Å². The Labute approximate surface area is 213 Å². The summed E-state index contributed by atoms with van der Waals surface area (Å²) in [5.74, 6) is 0. The number of nitriles is 1. The minimum Gasteiger partial charge on any atom is -0.444 e. The molecule has 10 nitrogen and oxygen atoms in total. The molecule has 4 aromatic rings. The van der Waals surface area contributed by atoms with Gasteiger partial charge in [-0.3, -0.25) is 9.36 Å². The molecule has 0 saturated carbocycles. The summed E-state index contributed by atoms with van der Waals surface area (Å²) in [5.41, 5.74) is 9.83. The molecule has 4 heterocycles. The number of likely N-dealkylation sites (tertiary alicyclic amines) is 1. The highest BCUT2D eigenvalue weighted by molar-refractivity contribution is 5.94. The van der Waals surface area contributed by atoms with E-state index in [-0.39, 0.29) is 17.7 Å². The first kappa shape index (κ1) is 24.3. The molecule has 190 valence electrons. The van der Waals surface area contributed by atoms with Crippen molar-refractivity contribution in [3.63, 3.8) is 0 Å². The van der Waals surface area contributed by atoms with Crippen LogP contribution in [0.25, 0.3) is 27.7 Å². The average molecular weight is 500 g/mol. The van der Waals surface area contributed by atoms with Gasteiger partial charge in [0.05, 0.1) is 28.5 Å². The Balaban J connectivity index is 1.45. The number of aryl methyl sites for hydroxylation is 1. The van der Waals surface area contributed by atoms with E-state index in [9.17, 15) is 14.9 Å². The summed E-state index contributed by atoms with van der Waals surface area (Å²) in [6.07, 6.45) is 6.20. The van der Waals surface area contributed by atoms with E-state index >= 15 is 0 Å². The molecule has 0 aliphatic carbocycles. The standard InChI is InChI=1S/C27H29N7O3/c1-16-13-33-14-19(9-18(12-28)24(33)31-16)17-10-21(29)23-22(11-17)30-15-34(25(23)35)20-5-7-32(8-6-20)26(36)37-27(2,3)4/h9-11,13-15,20H,5-8,29H2,1-4H3. The molecular formula is C27H29N7O3. The SMILES string of the molecule is Cc1cn2cc(-c3cc(N)c4c(=O)n(C5CCN(C(=O)OC(C)(C)C)CC5)cnc4c3)cc(C#N)c2n1. The van der Waals surface area contributed by atoms with Gasteiger partial charge < -0.3 is 19.8 Å². The fourth-order valence-electron chi connectivity index (χ4n) is 4.83. The van der Waals surface area contributed by atoms with Crippen molar-refractivity contribution in [3.8, 4) is 17.2 Å². The van der Waals surface area contributed by atoms with Crippen molar-refractivity contribution in [2.75, 3.05) is 18.8 Å². The van der Waals surface area contributed by atoms with Crippen LogP contribution in [0.4, 0.5) is 10.5 Å². The molecule has 10 heteroatoms. The second kappa shape index (κ2) is 8.92. The topological polar surface area (TPSA) is 132 Å². The van der Waals surface area contributed by atoms with E-state index in [1.54, 1.807) is 27.9 Å². The molecule has 0 bridgehead atoms. The molecule has 0 atom stereocenters. The van der Waals surface area contributed by atoms with E-state index in [4.69, 9.17) is 10.5 Å². The molecule has 3 aromatic heterocycles. The molecular weight excluding hydrogens is 470 g/mol. The van der Waals surface area contributed by atoms with Crippen LogP contribution in [0.2, 0.25) is 0 Å². The Morgan fingerprint density at radius 3 is 2.57 bits per heavy atom. The van der Waals surface area contributed by atoms with Crippen molar-refractivity contribution in [2.24, 2.45) is 0 Å². The highest BCUT2D eigenvalue weighted by atomic mass is 16.6. The quantitative estimate of drug-likeness (QED) is 0.412. The molecule has 1 fully saturated rings. The van der Waals surface area contributed by atoms with Crippen molar-refractivity contribution in [1.82, 2.24) is 23.8 Å². The molecule has 0 spiro atoms. The van der Waals surface area contributed by atoms with Crippen LogP contribution in [0.3, 0.4) is 0 Å². The lowest BCUT2D eigenvalue weighted by molar-refractivity contribution is 0.0187. The molecule has 37 heavy (non-hydrogen) atoms. The summed E-state index contributed by atoms with van der Waals surface area (Å²) in [6.45, 7) is 8.39. The highest BCUT2D eigenvalue weighted by Gasteiger charge is 2.28. The summed E-state index contributed by atoms with van der Waals surface area (Å²) in [6, 6.07) is 7.44. The number of pyridine rings is 1. The lowest BCUT2D eigenvalue weighted by Crippen LogP contribution is -2.43. The summed E-state index contributed by atoms with van der Waals surface area (Å²) >= 11 is 0. The summed E-state index contributed by atoms with van der Waals surface area (Å²) in [5, 5.41) is 9.98. The number of hydrogen-bond donors (Lipinski definition) is 1. The van der Waals surface area contributed by atoms with Gasteiger partial charge >= 0.3 is 6.09 Å². The summed E-state index contributed by atoms with van der Waals surface area (Å²) in [4.78, 5) is 36.5. The lowest BCUT2D eigenvalue weighted by Gasteiger charge is -2.34. The average Bonchev–Trinajstić information content (AvgIpc) is 3.22. The number of imidazole rings is 1. The molecule has 5 rings (SSSR count). The number of ether oxygens (including phenoxy) is 1. The third kappa shape index (κ3) is 4.60. The zero-order chi connectivity index (χ0) is 26.5. The first-order chi connectivity index (χ1) is 17.5. The Kier molecular flexibility index (Phi) is 5.86. The van der Waals surface area contributed by atoms with Gasteiger partial charge in [-0.2, -0.15) is 5.26 Å². The zero-order valence-corrected chi connectivity index (χ0v) is 21.4. The molecule has 1 aliphatic heterocycles. The van der Waals surface area contributed by atoms with Gasteiger partial charge in [0.1, 0.15) is 11.7 Å². The number of hydrogen-bond acceptors (Lipinski definition) is 7. The highest BCUT2D eigenvalue weighted by Crippen LogP contribution is 2.30. The number of piperidine rings is 1. The molecule has 1 aliphatic rings. The van der Waals surface area contributed by atoms with Gasteiger partial charge in [-0.15, -0.1) is 0 Å². The molecule has 1 amide bonds. The van der Waals surface area contributed by atoms with E-state index in [1.165, 1.54) is 0 Å². The fourth-order valence-corrected chi connectivity index (χ4v) is 4.83. The maximum atomic E-state index is 13.5. The van der Waals surface area contributed by atoms with Gasteiger partial charge in [-0.25, -0.2) is 14.8 Å². The van der Waals surface area contributed by atoms with Crippen molar-refractivity contribution >= 4 is 28.3 Å². The van der Waals surface area contributed by atoms with E-state index in [1.807, 2.05) is 50.6 Å². The van der Waals surface area contributed by atoms with Crippen LogP contribution in [0, 0.1) is 18.3 Å². The maximum absolute atomic E-state index is 13.5. The number of carbonyl (C=O) groups excluding carboxylic acids is 1. The van der Waals surface area contributed by atoms with Crippen LogP contribution in [-0.4, -0.2) is 48.6 Å². The van der Waals surface area contributed by atoms with Gasteiger partial charge in [0, 0.05) is 37.2 Å². The number of nitrogen functional groups attached to an aromatic ring is 1. The lowest BCUT2D eigenvalue weighted by atomic mass is 10.0. The normalized spacial score (nSPS) is 14.7. The molecule has 0 radical (unpaired) electrons. The van der Waals surface area contributed by atoms with E-state index in [0.29, 0.717) is 53.7 Å². The minimum atomic E-state index is -0.552. The van der Waals surface area contributed by atoms with Crippen molar-refractivity contribution in [1.29, 1.82) is 5.26 Å². The minimum absolute atomic E-state index is 0.0905. The van der Waals surface area contributed by atoms with E-state index in [2.05, 4.69) is 16.0 Å². The van der Waals surface area contributed by atoms with Crippen LogP contribution < -0.4 is 11.3 Å². The number of benzene rings is 1. The van der Waals surface area contributed by atoms with Gasteiger partial charge in [-0.1, -0.05) is 0 Å². The maximum Gasteiger partial charge on any atom is 0.410 e. The van der Waals surface area contributed by atoms with Crippen LogP contribution >= 0.6 is 0 Å². The van der Waals surface area contributed by atoms with Gasteiger partial charge in [-0.05, 0) is 69.9 Å². The number of nitrogens with two attached hydrogens (primary N) is 1. The molecule has 1 saturated heterocycles. The number of fused-ring (bicyclic) bond motifs is 2. The number of aromatic nitrogens is 4. The van der Waals surface area contributed by atoms with Gasteiger partial charge in [0.15, 0.2) is 5.65 Å². The smallest absolute Gasteiger partial charge is 0.410 e. The molecule has 2 N–H and O–H groups in total. The van der Waals surface area contributed by atoms with Crippen molar-refractivity contribution in [3.05, 3.63) is 58.5 Å².